The van der Waals surface area contributed by atoms with Gasteiger partial charge in [0.15, 0.2) is 6.29 Å². The third-order valence-corrected chi connectivity index (χ3v) is 13.7. The van der Waals surface area contributed by atoms with E-state index in [4.69, 9.17) is 4.99 Å². The van der Waals surface area contributed by atoms with E-state index in [9.17, 15) is 4.79 Å². The summed E-state index contributed by atoms with van der Waals surface area (Å²) in [6.45, 7) is 28.8. The van der Waals surface area contributed by atoms with Crippen molar-refractivity contribution in [3.05, 3.63) is 163 Å². The second-order valence-electron chi connectivity index (χ2n) is 19.3. The van der Waals surface area contributed by atoms with E-state index >= 15 is 0 Å². The maximum absolute atomic E-state index is 11.5. The van der Waals surface area contributed by atoms with Crippen LogP contribution >= 0.6 is 11.3 Å². The summed E-state index contributed by atoms with van der Waals surface area (Å²) in [4.78, 5) is 24.0. The van der Waals surface area contributed by atoms with E-state index in [1.54, 1.807) is 0 Å². The van der Waals surface area contributed by atoms with E-state index in [1.807, 2.05) is 11.3 Å². The first kappa shape index (κ1) is 41.9. The van der Waals surface area contributed by atoms with Crippen LogP contribution in [0.3, 0.4) is 0 Å². The van der Waals surface area contributed by atoms with Gasteiger partial charge in [-0.3, -0.25) is 4.79 Å². The van der Waals surface area contributed by atoms with Gasteiger partial charge in [-0.25, -0.2) is 4.99 Å². The van der Waals surface area contributed by atoms with Crippen molar-refractivity contribution in [2.75, 3.05) is 0 Å². The van der Waals surface area contributed by atoms with Crippen LogP contribution in [0.4, 0.5) is 0 Å². The first-order chi connectivity index (χ1) is 28.9. The van der Waals surface area contributed by atoms with Crippen molar-refractivity contribution >= 4 is 66.2 Å². The van der Waals surface area contributed by atoms with Crippen LogP contribution in [0, 0.1) is 41.5 Å². The molecule has 0 spiro atoms. The summed E-state index contributed by atoms with van der Waals surface area (Å²) in [5.74, 6) is 0. The van der Waals surface area contributed by atoms with Crippen LogP contribution in [0.15, 0.2) is 89.9 Å². The molecule has 1 aliphatic rings. The van der Waals surface area contributed by atoms with E-state index in [0.717, 1.165) is 46.1 Å². The summed E-state index contributed by atoms with van der Waals surface area (Å²) >= 11 is 1.89. The largest absolute Gasteiger partial charge is 0.353 e. The van der Waals surface area contributed by atoms with Crippen molar-refractivity contribution in [1.82, 2.24) is 9.97 Å². The van der Waals surface area contributed by atoms with Gasteiger partial charge in [0.05, 0.1) is 33.0 Å². The molecule has 0 aliphatic carbocycles. The Hall–Kier alpha value is -5.78. The average Bonchev–Trinajstić information content (AvgIpc) is 3.93. The summed E-state index contributed by atoms with van der Waals surface area (Å²) in [5.41, 5.74) is 23.0. The normalized spacial score (nSPS) is 13.6. The molecule has 0 saturated heterocycles. The van der Waals surface area contributed by atoms with E-state index in [-0.39, 0.29) is 10.8 Å². The predicted octanol–water partition coefficient (Wildman–Crippen LogP) is 15.4. The molecule has 0 radical (unpaired) electrons. The molecule has 1 aliphatic heterocycles. The lowest BCUT2D eigenvalue weighted by atomic mass is 9.82. The molecule has 61 heavy (non-hydrogen) atoms. The van der Waals surface area contributed by atoms with Gasteiger partial charge in [0, 0.05) is 48.8 Å². The van der Waals surface area contributed by atoms with Crippen LogP contribution in [0.25, 0.3) is 54.1 Å². The number of carbonyl (C=O) groups is 1. The van der Waals surface area contributed by atoms with Gasteiger partial charge in [-0.05, 0) is 122 Å². The molecule has 9 rings (SSSR count). The molecule has 0 bridgehead atoms. The Balaban J connectivity index is 0.000000185. The fourth-order valence-corrected chi connectivity index (χ4v) is 10.4. The molecular weight excluding hydrogens is 763 g/mol. The van der Waals surface area contributed by atoms with Gasteiger partial charge in [-0.15, -0.1) is 11.3 Å². The molecule has 4 nitrogen and oxygen atoms in total. The van der Waals surface area contributed by atoms with Crippen molar-refractivity contribution in [1.29, 1.82) is 0 Å². The van der Waals surface area contributed by atoms with E-state index in [1.165, 1.54) is 92.8 Å². The Morgan fingerprint density at radius 1 is 0.623 bits per heavy atom. The Kier molecular flexibility index (Phi) is 10.7. The van der Waals surface area contributed by atoms with Crippen LogP contribution in [0.2, 0.25) is 0 Å². The van der Waals surface area contributed by atoms with Gasteiger partial charge in [0.2, 0.25) is 0 Å². The molecule has 0 fully saturated rings. The van der Waals surface area contributed by atoms with Crippen LogP contribution in [-0.4, -0.2) is 22.0 Å². The zero-order chi connectivity index (χ0) is 43.7. The molecule has 0 unspecified atom stereocenters. The zero-order valence-corrected chi connectivity index (χ0v) is 39.0. The molecule has 8 aromatic rings. The number of nitrogens with zero attached hydrogens (tertiary/aromatic N) is 1. The van der Waals surface area contributed by atoms with Crippen molar-refractivity contribution in [2.45, 2.75) is 107 Å². The average molecular weight is 822 g/mol. The fourth-order valence-electron chi connectivity index (χ4n) is 9.16. The number of benzene rings is 5. The first-order valence-corrected chi connectivity index (χ1v) is 22.4. The maximum atomic E-state index is 11.5. The number of carbonyl (C=O) groups excluding carboxylic acids is 1. The highest BCUT2D eigenvalue weighted by molar-refractivity contribution is 7.26. The minimum Gasteiger partial charge on any atom is -0.353 e. The highest BCUT2D eigenvalue weighted by atomic mass is 32.1. The summed E-state index contributed by atoms with van der Waals surface area (Å²) < 4.78 is 2.70. The number of aryl methyl sites for hydroxylation is 7. The minimum absolute atomic E-state index is 0.118. The second kappa shape index (κ2) is 15.6. The van der Waals surface area contributed by atoms with Crippen LogP contribution in [0.5, 0.6) is 0 Å². The van der Waals surface area contributed by atoms with Gasteiger partial charge in [0.1, 0.15) is 0 Å². The first-order valence-electron chi connectivity index (χ1n) is 21.6. The summed E-state index contributed by atoms with van der Waals surface area (Å²) in [7, 11) is 0. The molecule has 310 valence electrons. The van der Waals surface area contributed by atoms with Crippen LogP contribution in [-0.2, 0) is 17.3 Å². The van der Waals surface area contributed by atoms with Gasteiger partial charge < -0.3 is 9.97 Å². The van der Waals surface area contributed by atoms with Crippen LogP contribution < -0.4 is 0 Å². The second-order valence-corrected chi connectivity index (χ2v) is 20.3. The molecule has 5 heteroatoms. The standard InChI is InChI=1S/C34H34N2S.C22H25NO/c1-8-23-27(36-32-25-11-9-10-12-29(25)37-33(23)32)18-28-26-15-19(2)13-14-24(26)31(35-28)30-20(3)16-22(17-21(30)4)34(5,6)7;1-13-7-8-17-18(9-13)19(12-24)23-21(17)20-14(2)10-16(11-15(20)3)22(4,5)6/h9-18,36H,8H2,1-7H3;7-12,23H,1-6H3. The molecule has 4 heterocycles. The third-order valence-electron chi connectivity index (χ3n) is 12.4. The number of aliphatic imine (C=N–C) groups is 1. The number of aromatic nitrogens is 2. The van der Waals surface area contributed by atoms with Crippen molar-refractivity contribution in [3.8, 4) is 11.3 Å². The van der Waals surface area contributed by atoms with Gasteiger partial charge in [0.25, 0.3) is 0 Å². The van der Waals surface area contributed by atoms with E-state index < -0.39 is 0 Å². The zero-order valence-electron chi connectivity index (χ0n) is 38.2. The molecular formula is C56H59N3OS. The molecule has 0 atom stereocenters. The Labute approximate surface area is 365 Å². The van der Waals surface area contributed by atoms with Gasteiger partial charge in [-0.1, -0.05) is 126 Å². The number of aldehydes is 1. The predicted molar refractivity (Wildman–Crippen MR) is 264 cm³/mol. The Morgan fingerprint density at radius 2 is 1.21 bits per heavy atom. The fraction of sp³-hybridized carbons (Fsp3) is 0.286. The quantitative estimate of drug-likeness (QED) is 0.167. The van der Waals surface area contributed by atoms with E-state index in [2.05, 4.69) is 191 Å². The summed E-state index contributed by atoms with van der Waals surface area (Å²) in [6.07, 6.45) is 4.18. The smallest absolute Gasteiger partial charge is 0.166 e. The minimum atomic E-state index is 0.118. The number of H-pyrrole nitrogens is 2. The summed E-state index contributed by atoms with van der Waals surface area (Å²) in [6, 6.07) is 31.0. The highest BCUT2D eigenvalue weighted by Gasteiger charge is 2.27. The molecule has 2 N–H and O–H groups in total. The Bertz CT molecular complexity index is 3060. The molecule has 0 amide bonds. The number of fused-ring (bicyclic) bond motifs is 5. The monoisotopic (exact) mass is 821 g/mol. The van der Waals surface area contributed by atoms with Crippen LogP contribution in [0.1, 0.15) is 131 Å². The lowest BCUT2D eigenvalue weighted by Gasteiger charge is -2.22. The Morgan fingerprint density at radius 3 is 1.82 bits per heavy atom. The highest BCUT2D eigenvalue weighted by Crippen LogP contribution is 2.42. The number of hydrogen-bond donors (Lipinski definition) is 2. The van der Waals surface area contributed by atoms with Crippen molar-refractivity contribution in [2.24, 2.45) is 4.99 Å². The molecule has 5 aromatic carbocycles. The number of aromatic amines is 2. The molecule has 0 saturated carbocycles. The lowest BCUT2D eigenvalue weighted by molar-refractivity contribution is 0.112. The summed E-state index contributed by atoms with van der Waals surface area (Å²) in [5, 5.41) is 3.41. The van der Waals surface area contributed by atoms with Gasteiger partial charge in [-0.2, -0.15) is 0 Å². The third kappa shape index (κ3) is 7.63. The number of hydrogen-bond acceptors (Lipinski definition) is 3. The van der Waals surface area contributed by atoms with Crippen molar-refractivity contribution in [3.63, 3.8) is 0 Å². The molecule has 3 aromatic heterocycles. The van der Waals surface area contributed by atoms with Crippen molar-refractivity contribution < 1.29 is 4.79 Å². The lowest BCUT2D eigenvalue weighted by Crippen LogP contribution is -2.14. The number of thiophene rings is 1. The van der Waals surface area contributed by atoms with E-state index in [0.29, 0.717) is 5.69 Å². The number of nitrogens with one attached hydrogen (secondary N) is 2. The number of rotatable bonds is 5. The maximum Gasteiger partial charge on any atom is 0.166 e. The topological polar surface area (TPSA) is 61.0 Å². The SMILES string of the molecule is CCc1c(C=C2N=C(c3c(C)cc(C(C)(C)C)cc3C)c3ccc(C)cc32)[nH]c2c1sc1ccccc12.Cc1ccc2c(-c3c(C)cc(C(C)(C)C)cc3C)[nH]c(C=O)c2c1. The van der Waals surface area contributed by atoms with Gasteiger partial charge >= 0.3 is 0 Å².